The lowest BCUT2D eigenvalue weighted by atomic mass is 10.00. The van der Waals surface area contributed by atoms with Crippen molar-refractivity contribution >= 4 is 5.69 Å². The lowest BCUT2D eigenvalue weighted by Gasteiger charge is -2.51. The molecule has 3 heterocycles. The lowest BCUT2D eigenvalue weighted by Crippen LogP contribution is -2.76. The van der Waals surface area contributed by atoms with Gasteiger partial charge in [-0.3, -0.25) is 0 Å². The SMILES string of the molecule is Cc1ccc(-c2ccccc2)cc1[N+]12C=C[N+](C)(C1)C2C. The molecule has 21 heavy (non-hydrogen) atoms. The normalized spacial score (nSPS) is 33.0. The monoisotopic (exact) mass is 278 g/mol. The van der Waals surface area contributed by atoms with Crippen LogP contribution in [0.15, 0.2) is 60.9 Å². The highest BCUT2D eigenvalue weighted by atomic mass is 15.7. The first-order chi connectivity index (χ1) is 10.1. The third-order valence-corrected chi connectivity index (χ3v) is 5.50. The van der Waals surface area contributed by atoms with Gasteiger partial charge in [0.15, 0.2) is 18.1 Å². The molecular formula is C19H22N2+2. The minimum Gasteiger partial charge on any atom is -0.199 e. The van der Waals surface area contributed by atoms with E-state index in [0.29, 0.717) is 6.17 Å². The minimum absolute atomic E-state index is 0.592. The molecule has 0 spiro atoms. The molecule has 5 rings (SSSR count). The number of rotatable bonds is 2. The number of hydrogen-bond donors (Lipinski definition) is 0. The summed E-state index contributed by atoms with van der Waals surface area (Å²) in [7, 11) is 2.32. The van der Waals surface area contributed by atoms with Crippen LogP contribution < -0.4 is 4.48 Å². The standard InChI is InChI=1S/C19H22N2/c1-15-9-10-18(17-7-5-4-6-8-17)13-19(15)21-12-11-20(3,14-21)16(21)2/h4-13,16H,14H2,1-3H3/q+2. The van der Waals surface area contributed by atoms with E-state index in [4.69, 9.17) is 0 Å². The number of aryl methyl sites for hydroxylation is 1. The van der Waals surface area contributed by atoms with E-state index in [1.165, 1.54) is 22.4 Å². The fourth-order valence-electron chi connectivity index (χ4n) is 3.96. The van der Waals surface area contributed by atoms with Gasteiger partial charge in [-0.15, -0.1) is 0 Å². The van der Waals surface area contributed by atoms with E-state index >= 15 is 0 Å². The Morgan fingerprint density at radius 3 is 2.33 bits per heavy atom. The number of hydrogen-bond acceptors (Lipinski definition) is 0. The molecule has 2 bridgehead atoms. The van der Waals surface area contributed by atoms with Gasteiger partial charge in [0.1, 0.15) is 0 Å². The van der Waals surface area contributed by atoms with Gasteiger partial charge in [0.2, 0.25) is 12.8 Å². The molecule has 0 aromatic heterocycles. The Balaban J connectivity index is 1.83. The van der Waals surface area contributed by atoms with Crippen molar-refractivity contribution in [1.29, 1.82) is 0 Å². The molecule has 2 aromatic carbocycles. The van der Waals surface area contributed by atoms with E-state index in [0.717, 1.165) is 15.6 Å². The Morgan fingerprint density at radius 2 is 1.71 bits per heavy atom. The molecule has 2 nitrogen and oxygen atoms in total. The van der Waals surface area contributed by atoms with Crippen molar-refractivity contribution in [2.75, 3.05) is 13.7 Å². The second-order valence-corrected chi connectivity index (χ2v) is 6.72. The molecule has 2 heteroatoms. The van der Waals surface area contributed by atoms with Crippen molar-refractivity contribution in [2.24, 2.45) is 0 Å². The van der Waals surface area contributed by atoms with Gasteiger partial charge in [-0.05, 0) is 18.1 Å². The number of benzene rings is 2. The van der Waals surface area contributed by atoms with E-state index in [2.05, 4.69) is 81.8 Å². The molecule has 3 atom stereocenters. The molecule has 0 amide bonds. The van der Waals surface area contributed by atoms with E-state index in [-0.39, 0.29) is 0 Å². The molecule has 1 saturated heterocycles. The van der Waals surface area contributed by atoms with E-state index in [9.17, 15) is 0 Å². The minimum atomic E-state index is 0.592. The first-order valence-electron chi connectivity index (χ1n) is 7.65. The summed E-state index contributed by atoms with van der Waals surface area (Å²) in [4.78, 5) is 0. The van der Waals surface area contributed by atoms with Gasteiger partial charge in [-0.2, -0.15) is 8.97 Å². The van der Waals surface area contributed by atoms with Crippen molar-refractivity contribution in [3.63, 3.8) is 0 Å². The van der Waals surface area contributed by atoms with Gasteiger partial charge in [0, 0.05) is 18.6 Å². The van der Waals surface area contributed by atoms with Crippen molar-refractivity contribution in [1.82, 2.24) is 4.48 Å². The molecule has 106 valence electrons. The Bertz CT molecular complexity index is 734. The van der Waals surface area contributed by atoms with E-state index in [1.54, 1.807) is 0 Å². The summed E-state index contributed by atoms with van der Waals surface area (Å²) in [5.74, 6) is 0. The molecule has 0 N–H and O–H groups in total. The van der Waals surface area contributed by atoms with Crippen LogP contribution in [-0.2, 0) is 0 Å². The second-order valence-electron chi connectivity index (χ2n) is 6.72. The van der Waals surface area contributed by atoms with Crippen molar-refractivity contribution in [2.45, 2.75) is 20.0 Å². The van der Waals surface area contributed by atoms with Gasteiger partial charge >= 0.3 is 0 Å². The van der Waals surface area contributed by atoms with Crippen LogP contribution in [0.5, 0.6) is 0 Å². The summed E-state index contributed by atoms with van der Waals surface area (Å²) >= 11 is 0. The Labute approximate surface area is 126 Å². The van der Waals surface area contributed by atoms with Crippen molar-refractivity contribution in [3.05, 3.63) is 66.5 Å². The zero-order chi connectivity index (χ0) is 14.7. The van der Waals surface area contributed by atoms with E-state index < -0.39 is 0 Å². The largest absolute Gasteiger partial charge is 0.235 e. The van der Waals surface area contributed by atoms with Gasteiger partial charge < -0.3 is 0 Å². The first kappa shape index (κ1) is 12.8. The van der Waals surface area contributed by atoms with Gasteiger partial charge in [0.05, 0.1) is 7.05 Å². The molecule has 0 radical (unpaired) electrons. The summed E-state index contributed by atoms with van der Waals surface area (Å²) in [6.45, 7) is 5.75. The molecule has 2 aromatic rings. The third kappa shape index (κ3) is 1.60. The molecule has 3 unspecified atom stereocenters. The van der Waals surface area contributed by atoms with Crippen LogP contribution in [0, 0.1) is 6.92 Å². The number of nitrogens with zero attached hydrogens (tertiary/aromatic N) is 2. The maximum Gasteiger partial charge on any atom is 0.235 e. The van der Waals surface area contributed by atoms with E-state index in [1.807, 2.05) is 0 Å². The summed E-state index contributed by atoms with van der Waals surface area (Å²) in [6, 6.07) is 17.6. The highest BCUT2D eigenvalue weighted by Gasteiger charge is 2.66. The predicted molar refractivity (Wildman–Crippen MR) is 88.1 cm³/mol. The van der Waals surface area contributed by atoms with Gasteiger partial charge in [-0.25, -0.2) is 0 Å². The van der Waals surface area contributed by atoms with Gasteiger partial charge in [0.25, 0.3) is 0 Å². The third-order valence-electron chi connectivity index (χ3n) is 5.50. The predicted octanol–water partition coefficient (Wildman–Crippen LogP) is 4.22. The smallest absolute Gasteiger partial charge is 0.199 e. The first-order valence-corrected chi connectivity index (χ1v) is 7.65. The maximum atomic E-state index is 2.39. The topological polar surface area (TPSA) is 0 Å². The van der Waals surface area contributed by atoms with Crippen LogP contribution in [0.25, 0.3) is 11.1 Å². The van der Waals surface area contributed by atoms with Crippen molar-refractivity contribution in [3.8, 4) is 11.1 Å². The molecule has 0 aliphatic carbocycles. The fourth-order valence-corrected chi connectivity index (χ4v) is 3.96. The highest BCUT2D eigenvalue weighted by Crippen LogP contribution is 2.48. The van der Waals surface area contributed by atoms with Crippen LogP contribution in [0.2, 0.25) is 0 Å². The van der Waals surface area contributed by atoms with Crippen LogP contribution in [0.4, 0.5) is 5.69 Å². The van der Waals surface area contributed by atoms with Crippen molar-refractivity contribution < 1.29 is 4.48 Å². The molecule has 1 fully saturated rings. The molecule has 3 aliphatic heterocycles. The summed E-state index contributed by atoms with van der Waals surface area (Å²) in [5, 5.41) is 0. The second kappa shape index (κ2) is 4.06. The lowest BCUT2D eigenvalue weighted by molar-refractivity contribution is -0.941. The van der Waals surface area contributed by atoms with Gasteiger partial charge in [-0.1, -0.05) is 42.5 Å². The maximum absolute atomic E-state index is 2.39. The van der Waals surface area contributed by atoms with Crippen LogP contribution >= 0.6 is 0 Å². The molecular weight excluding hydrogens is 256 g/mol. The molecule has 0 saturated carbocycles. The number of quaternary nitrogens is 2. The zero-order valence-electron chi connectivity index (χ0n) is 13.0. The zero-order valence-corrected chi connectivity index (χ0v) is 13.0. The summed E-state index contributed by atoms with van der Waals surface area (Å²) in [6.07, 6.45) is 5.34. The Hall–Kier alpha value is -1.90. The molecule has 3 aliphatic rings. The summed E-state index contributed by atoms with van der Waals surface area (Å²) in [5.41, 5.74) is 5.45. The van der Waals surface area contributed by atoms with Crippen LogP contribution in [0.3, 0.4) is 0 Å². The highest BCUT2D eigenvalue weighted by molar-refractivity contribution is 5.70. The van der Waals surface area contributed by atoms with Crippen LogP contribution in [-0.4, -0.2) is 24.4 Å². The van der Waals surface area contributed by atoms with Crippen LogP contribution in [0.1, 0.15) is 12.5 Å². The summed E-state index contributed by atoms with van der Waals surface area (Å²) < 4.78 is 2.07. The Kier molecular flexibility index (Phi) is 2.48. The average Bonchev–Trinajstić information content (AvgIpc) is 3.00. The fraction of sp³-hybridized carbons (Fsp3) is 0.263. The Morgan fingerprint density at radius 1 is 0.952 bits per heavy atom. The average molecular weight is 278 g/mol. The quantitative estimate of drug-likeness (QED) is 0.722.